The fraction of sp³-hybridized carbons (Fsp3) is 0.562. The summed E-state index contributed by atoms with van der Waals surface area (Å²) in [6.45, 7) is 3.91. The first-order valence-electron chi connectivity index (χ1n) is 7.15. The van der Waals surface area contributed by atoms with E-state index in [9.17, 15) is 4.79 Å². The summed E-state index contributed by atoms with van der Waals surface area (Å²) in [5.41, 5.74) is 9.05. The van der Waals surface area contributed by atoms with E-state index in [4.69, 9.17) is 10.5 Å². The third-order valence-electron chi connectivity index (χ3n) is 3.99. The minimum Gasteiger partial charge on any atom is -0.459 e. The predicted octanol–water partition coefficient (Wildman–Crippen LogP) is 3.77. The van der Waals surface area contributed by atoms with E-state index >= 15 is 0 Å². The number of esters is 1. The molecule has 1 saturated carbocycles. The maximum absolute atomic E-state index is 12.3. The second kappa shape index (κ2) is 6.09. The standard InChI is InChI=1S/C16H23NO2/c1-11-9-13(17)10-15(12(11)2)16(18)19-14-7-5-3-4-6-8-14/h9-10,14H,3-8,17H2,1-2H3. The van der Waals surface area contributed by atoms with Gasteiger partial charge in [-0.05, 0) is 62.8 Å². The van der Waals surface area contributed by atoms with Gasteiger partial charge in [-0.2, -0.15) is 0 Å². The summed E-state index contributed by atoms with van der Waals surface area (Å²) < 4.78 is 5.65. The number of nitrogen functional groups attached to an aromatic ring is 1. The van der Waals surface area contributed by atoms with Gasteiger partial charge in [0.15, 0.2) is 0 Å². The van der Waals surface area contributed by atoms with Gasteiger partial charge >= 0.3 is 5.97 Å². The summed E-state index contributed by atoms with van der Waals surface area (Å²) in [4.78, 5) is 12.3. The normalized spacial score (nSPS) is 16.9. The summed E-state index contributed by atoms with van der Waals surface area (Å²) in [5.74, 6) is -0.222. The van der Waals surface area contributed by atoms with Crippen molar-refractivity contribution in [2.45, 2.75) is 58.5 Å². The SMILES string of the molecule is Cc1cc(N)cc(C(=O)OC2CCCCCC2)c1C. The molecule has 19 heavy (non-hydrogen) atoms. The van der Waals surface area contributed by atoms with Gasteiger partial charge in [0.25, 0.3) is 0 Å². The van der Waals surface area contributed by atoms with Crippen LogP contribution in [-0.4, -0.2) is 12.1 Å². The fourth-order valence-electron chi connectivity index (χ4n) is 2.67. The Morgan fingerprint density at radius 3 is 2.42 bits per heavy atom. The minimum atomic E-state index is -0.222. The van der Waals surface area contributed by atoms with Gasteiger partial charge in [-0.25, -0.2) is 4.79 Å². The molecule has 0 aliphatic heterocycles. The van der Waals surface area contributed by atoms with Crippen molar-refractivity contribution in [2.24, 2.45) is 0 Å². The first kappa shape index (κ1) is 13.9. The van der Waals surface area contributed by atoms with Gasteiger partial charge < -0.3 is 10.5 Å². The van der Waals surface area contributed by atoms with Crippen molar-refractivity contribution in [1.29, 1.82) is 0 Å². The monoisotopic (exact) mass is 261 g/mol. The highest BCUT2D eigenvalue weighted by molar-refractivity contribution is 5.92. The summed E-state index contributed by atoms with van der Waals surface area (Å²) in [6, 6.07) is 3.61. The second-order valence-electron chi connectivity index (χ2n) is 5.53. The molecule has 3 nitrogen and oxygen atoms in total. The van der Waals surface area contributed by atoms with E-state index < -0.39 is 0 Å². The smallest absolute Gasteiger partial charge is 0.338 e. The third kappa shape index (κ3) is 3.49. The van der Waals surface area contributed by atoms with Crippen LogP contribution in [0.3, 0.4) is 0 Å². The van der Waals surface area contributed by atoms with Crippen molar-refractivity contribution in [3.8, 4) is 0 Å². The highest BCUT2D eigenvalue weighted by Crippen LogP contribution is 2.23. The van der Waals surface area contributed by atoms with E-state index in [0.29, 0.717) is 11.3 Å². The molecule has 0 spiro atoms. The number of ether oxygens (including phenoxy) is 1. The first-order valence-corrected chi connectivity index (χ1v) is 7.15. The van der Waals surface area contributed by atoms with Crippen LogP contribution in [0.4, 0.5) is 5.69 Å². The zero-order valence-corrected chi connectivity index (χ0v) is 11.9. The largest absolute Gasteiger partial charge is 0.459 e. The van der Waals surface area contributed by atoms with Gasteiger partial charge in [0.05, 0.1) is 5.56 Å². The van der Waals surface area contributed by atoms with Crippen LogP contribution in [0, 0.1) is 13.8 Å². The van der Waals surface area contributed by atoms with Crippen molar-refractivity contribution in [2.75, 3.05) is 5.73 Å². The van der Waals surface area contributed by atoms with Gasteiger partial charge in [0.1, 0.15) is 6.10 Å². The molecule has 1 aromatic rings. The summed E-state index contributed by atoms with van der Waals surface area (Å²) >= 11 is 0. The molecule has 1 aliphatic rings. The summed E-state index contributed by atoms with van der Waals surface area (Å²) in [6.07, 6.45) is 6.89. The highest BCUT2D eigenvalue weighted by Gasteiger charge is 2.19. The van der Waals surface area contributed by atoms with Gasteiger partial charge in [-0.15, -0.1) is 0 Å². The van der Waals surface area contributed by atoms with Crippen molar-refractivity contribution in [3.05, 3.63) is 28.8 Å². The van der Waals surface area contributed by atoms with Crippen molar-refractivity contribution >= 4 is 11.7 Å². The lowest BCUT2D eigenvalue weighted by Gasteiger charge is -2.17. The molecule has 3 heteroatoms. The Kier molecular flexibility index (Phi) is 4.46. The molecule has 0 saturated heterocycles. The molecule has 0 bridgehead atoms. The maximum atomic E-state index is 12.3. The second-order valence-corrected chi connectivity index (χ2v) is 5.53. The predicted molar refractivity (Wildman–Crippen MR) is 77.2 cm³/mol. The van der Waals surface area contributed by atoms with Crippen LogP contribution in [0.2, 0.25) is 0 Å². The van der Waals surface area contributed by atoms with Gasteiger partial charge in [0.2, 0.25) is 0 Å². The quantitative estimate of drug-likeness (QED) is 0.501. The number of aryl methyl sites for hydroxylation is 1. The molecule has 1 aliphatic carbocycles. The lowest BCUT2D eigenvalue weighted by molar-refractivity contribution is 0.0266. The number of nitrogens with two attached hydrogens (primary N) is 1. The average molecular weight is 261 g/mol. The molecule has 0 unspecified atom stereocenters. The number of benzene rings is 1. The molecule has 1 fully saturated rings. The van der Waals surface area contributed by atoms with Crippen molar-refractivity contribution < 1.29 is 9.53 Å². The van der Waals surface area contributed by atoms with E-state index in [1.807, 2.05) is 19.9 Å². The molecule has 2 rings (SSSR count). The molecule has 0 radical (unpaired) electrons. The van der Waals surface area contributed by atoms with E-state index in [2.05, 4.69) is 0 Å². The molecule has 0 atom stereocenters. The topological polar surface area (TPSA) is 52.3 Å². The minimum absolute atomic E-state index is 0.0798. The first-order chi connectivity index (χ1) is 9.08. The van der Waals surface area contributed by atoms with Crippen LogP contribution in [0.15, 0.2) is 12.1 Å². The lowest BCUT2D eigenvalue weighted by atomic mass is 10.0. The van der Waals surface area contributed by atoms with E-state index in [1.165, 1.54) is 12.8 Å². The number of anilines is 1. The number of hydrogen-bond acceptors (Lipinski definition) is 3. The van der Waals surface area contributed by atoms with E-state index in [-0.39, 0.29) is 12.1 Å². The molecule has 2 N–H and O–H groups in total. The van der Waals surface area contributed by atoms with Gasteiger partial charge in [-0.1, -0.05) is 12.8 Å². The molecule has 0 heterocycles. The molecule has 0 amide bonds. The van der Waals surface area contributed by atoms with Crippen LogP contribution in [0.1, 0.15) is 60.0 Å². The summed E-state index contributed by atoms with van der Waals surface area (Å²) in [5, 5.41) is 0. The number of rotatable bonds is 2. The molecule has 1 aromatic carbocycles. The number of hydrogen-bond donors (Lipinski definition) is 1. The van der Waals surface area contributed by atoms with Crippen LogP contribution >= 0.6 is 0 Å². The number of carbonyl (C=O) groups excluding carboxylic acids is 1. The Hall–Kier alpha value is -1.51. The van der Waals surface area contributed by atoms with Crippen LogP contribution in [0.25, 0.3) is 0 Å². The maximum Gasteiger partial charge on any atom is 0.338 e. The van der Waals surface area contributed by atoms with Crippen LogP contribution in [0.5, 0.6) is 0 Å². The highest BCUT2D eigenvalue weighted by atomic mass is 16.5. The van der Waals surface area contributed by atoms with Crippen LogP contribution < -0.4 is 5.73 Å². The van der Waals surface area contributed by atoms with Gasteiger partial charge in [0, 0.05) is 5.69 Å². The Labute approximate surface area is 115 Å². The zero-order chi connectivity index (χ0) is 13.8. The summed E-state index contributed by atoms with van der Waals surface area (Å²) in [7, 11) is 0. The van der Waals surface area contributed by atoms with E-state index in [0.717, 1.165) is 36.8 Å². The third-order valence-corrected chi connectivity index (χ3v) is 3.99. The lowest BCUT2D eigenvalue weighted by Crippen LogP contribution is -2.18. The Bertz CT molecular complexity index is 460. The average Bonchev–Trinajstić information content (AvgIpc) is 2.62. The Morgan fingerprint density at radius 1 is 1.16 bits per heavy atom. The van der Waals surface area contributed by atoms with Crippen molar-refractivity contribution in [3.63, 3.8) is 0 Å². The Morgan fingerprint density at radius 2 is 1.79 bits per heavy atom. The molecule has 0 aromatic heterocycles. The van der Waals surface area contributed by atoms with Crippen LogP contribution in [-0.2, 0) is 4.74 Å². The van der Waals surface area contributed by atoms with E-state index in [1.54, 1.807) is 6.07 Å². The van der Waals surface area contributed by atoms with Gasteiger partial charge in [-0.3, -0.25) is 0 Å². The molecular weight excluding hydrogens is 238 g/mol. The van der Waals surface area contributed by atoms with Crippen molar-refractivity contribution in [1.82, 2.24) is 0 Å². The Balaban J connectivity index is 2.11. The fourth-order valence-corrected chi connectivity index (χ4v) is 2.67. The zero-order valence-electron chi connectivity index (χ0n) is 11.9. The number of carbonyl (C=O) groups is 1. The molecular formula is C16H23NO2. The molecule has 104 valence electrons.